The summed E-state index contributed by atoms with van der Waals surface area (Å²) in [5, 5.41) is 7.24. The lowest BCUT2D eigenvalue weighted by Crippen LogP contribution is -2.46. The number of piperazine rings is 1. The Morgan fingerprint density at radius 3 is 2.62 bits per heavy atom. The highest BCUT2D eigenvalue weighted by molar-refractivity contribution is 5.93. The van der Waals surface area contributed by atoms with Gasteiger partial charge in [-0.1, -0.05) is 37.3 Å². The van der Waals surface area contributed by atoms with Crippen molar-refractivity contribution >= 4 is 28.3 Å². The summed E-state index contributed by atoms with van der Waals surface area (Å²) in [5.41, 5.74) is 4.30. The van der Waals surface area contributed by atoms with Gasteiger partial charge in [-0.2, -0.15) is 0 Å². The largest absolute Gasteiger partial charge is 0.367 e. The summed E-state index contributed by atoms with van der Waals surface area (Å²) in [6.07, 6.45) is 2.81. The molecule has 0 bridgehead atoms. The summed E-state index contributed by atoms with van der Waals surface area (Å²) in [5.74, 6) is 0. The molecule has 1 fully saturated rings. The predicted molar refractivity (Wildman–Crippen MR) is 120 cm³/mol. The molecule has 0 aliphatic carbocycles. The zero-order chi connectivity index (χ0) is 20.1. The Morgan fingerprint density at radius 1 is 1.03 bits per heavy atom. The van der Waals surface area contributed by atoms with Crippen LogP contribution in [0.15, 0.2) is 54.7 Å². The number of rotatable bonds is 6. The van der Waals surface area contributed by atoms with E-state index in [1.165, 1.54) is 10.9 Å². The molecule has 1 aromatic heterocycles. The average molecular weight is 392 g/mol. The first-order valence-corrected chi connectivity index (χ1v) is 10.4. The number of carbonyl (C=O) groups excluding carboxylic acids is 1. The van der Waals surface area contributed by atoms with Crippen molar-refractivity contribution in [2.75, 3.05) is 49.5 Å². The zero-order valence-electron chi connectivity index (χ0n) is 16.9. The van der Waals surface area contributed by atoms with Gasteiger partial charge in [-0.15, -0.1) is 0 Å². The first kappa shape index (κ1) is 19.3. The van der Waals surface area contributed by atoms with Crippen molar-refractivity contribution in [1.29, 1.82) is 0 Å². The fourth-order valence-corrected chi connectivity index (χ4v) is 3.98. The number of aromatic amines is 1. The predicted octanol–water partition coefficient (Wildman–Crippen LogP) is 3.67. The third kappa shape index (κ3) is 4.54. The molecule has 1 aliphatic heterocycles. The fraction of sp³-hybridized carbons (Fsp3) is 0.348. The van der Waals surface area contributed by atoms with Crippen LogP contribution >= 0.6 is 0 Å². The van der Waals surface area contributed by atoms with Gasteiger partial charge in [0.2, 0.25) is 0 Å². The number of likely N-dealkylation sites (N-methyl/N-ethyl adjacent to an activating group) is 1. The zero-order valence-corrected chi connectivity index (χ0v) is 16.9. The number of nitrogens with zero attached hydrogens (tertiary/aromatic N) is 2. The standard InChI is InChI=1S/C23H29N5O/c1-2-27-13-15-28(16-14-27)22-10-6-5-9-21(22)26-23(29)24-12-11-18-17-25-20-8-4-3-7-19(18)20/h3-10,17,25H,2,11-16H2,1H3,(H2,24,26,29). The summed E-state index contributed by atoms with van der Waals surface area (Å²) in [6.45, 7) is 7.95. The first-order valence-electron chi connectivity index (χ1n) is 10.4. The molecule has 2 heterocycles. The maximum absolute atomic E-state index is 12.5. The van der Waals surface area contributed by atoms with Crippen LogP contribution in [0.25, 0.3) is 10.9 Å². The molecular weight excluding hydrogens is 362 g/mol. The molecule has 4 rings (SSSR count). The molecule has 0 radical (unpaired) electrons. The molecule has 0 spiro atoms. The fourth-order valence-electron chi connectivity index (χ4n) is 3.98. The number of anilines is 2. The molecule has 0 saturated carbocycles. The van der Waals surface area contributed by atoms with E-state index in [4.69, 9.17) is 0 Å². The van der Waals surface area contributed by atoms with E-state index in [0.29, 0.717) is 6.54 Å². The van der Waals surface area contributed by atoms with E-state index in [9.17, 15) is 4.79 Å². The number of hydrogen-bond donors (Lipinski definition) is 3. The van der Waals surface area contributed by atoms with Gasteiger partial charge in [-0.25, -0.2) is 4.79 Å². The van der Waals surface area contributed by atoms with Crippen LogP contribution in [0.1, 0.15) is 12.5 Å². The Bertz CT molecular complexity index is 959. The number of H-pyrrole nitrogens is 1. The number of hydrogen-bond acceptors (Lipinski definition) is 3. The van der Waals surface area contributed by atoms with E-state index in [1.54, 1.807) is 0 Å². The Kier molecular flexibility index (Phi) is 6.00. The second-order valence-electron chi connectivity index (χ2n) is 7.43. The Morgan fingerprint density at radius 2 is 1.79 bits per heavy atom. The molecule has 6 nitrogen and oxygen atoms in total. The molecule has 1 aliphatic rings. The van der Waals surface area contributed by atoms with Gasteiger partial charge in [-0.3, -0.25) is 0 Å². The lowest BCUT2D eigenvalue weighted by atomic mass is 10.1. The lowest BCUT2D eigenvalue weighted by Gasteiger charge is -2.36. The van der Waals surface area contributed by atoms with Crippen molar-refractivity contribution in [2.24, 2.45) is 0 Å². The van der Waals surface area contributed by atoms with E-state index in [1.807, 2.05) is 36.5 Å². The van der Waals surface area contributed by atoms with Crippen LogP contribution < -0.4 is 15.5 Å². The molecule has 3 aromatic rings. The highest BCUT2D eigenvalue weighted by Crippen LogP contribution is 2.26. The number of nitrogens with one attached hydrogen (secondary N) is 3. The van der Waals surface area contributed by atoms with Gasteiger partial charge >= 0.3 is 6.03 Å². The summed E-state index contributed by atoms with van der Waals surface area (Å²) in [6, 6.07) is 16.1. The van der Waals surface area contributed by atoms with E-state index in [0.717, 1.165) is 56.0 Å². The number of benzene rings is 2. The van der Waals surface area contributed by atoms with Crippen LogP contribution in [0.5, 0.6) is 0 Å². The van der Waals surface area contributed by atoms with Gasteiger partial charge in [-0.05, 0) is 36.7 Å². The third-order valence-electron chi connectivity index (χ3n) is 5.67. The number of amides is 2. The van der Waals surface area contributed by atoms with Gasteiger partial charge in [0.05, 0.1) is 11.4 Å². The molecule has 6 heteroatoms. The Labute approximate surface area is 171 Å². The van der Waals surface area contributed by atoms with Crippen LogP contribution in [0.2, 0.25) is 0 Å². The SMILES string of the molecule is CCN1CCN(c2ccccc2NC(=O)NCCc2c[nH]c3ccccc23)CC1. The maximum Gasteiger partial charge on any atom is 0.319 e. The smallest absolute Gasteiger partial charge is 0.319 e. The lowest BCUT2D eigenvalue weighted by molar-refractivity contribution is 0.252. The van der Waals surface area contributed by atoms with Crippen molar-refractivity contribution in [2.45, 2.75) is 13.3 Å². The van der Waals surface area contributed by atoms with E-state index in [-0.39, 0.29) is 6.03 Å². The normalized spacial score (nSPS) is 14.9. The number of para-hydroxylation sites is 3. The van der Waals surface area contributed by atoms with Crippen LogP contribution in [-0.4, -0.2) is 55.2 Å². The molecule has 1 saturated heterocycles. The number of carbonyl (C=O) groups is 1. The van der Waals surface area contributed by atoms with Crippen LogP contribution in [0.3, 0.4) is 0 Å². The van der Waals surface area contributed by atoms with Crippen molar-refractivity contribution in [3.05, 3.63) is 60.3 Å². The minimum Gasteiger partial charge on any atom is -0.367 e. The van der Waals surface area contributed by atoms with Crippen LogP contribution in [0.4, 0.5) is 16.2 Å². The summed E-state index contributed by atoms with van der Waals surface area (Å²) in [7, 11) is 0. The molecule has 0 unspecified atom stereocenters. The van der Waals surface area contributed by atoms with Crippen molar-refractivity contribution in [3.8, 4) is 0 Å². The van der Waals surface area contributed by atoms with Crippen LogP contribution in [-0.2, 0) is 6.42 Å². The van der Waals surface area contributed by atoms with Crippen LogP contribution in [0, 0.1) is 0 Å². The third-order valence-corrected chi connectivity index (χ3v) is 5.67. The number of aromatic nitrogens is 1. The molecular formula is C23H29N5O. The van der Waals surface area contributed by atoms with Gasteiger partial charge in [0.25, 0.3) is 0 Å². The molecule has 2 amide bonds. The average Bonchev–Trinajstić information content (AvgIpc) is 3.17. The summed E-state index contributed by atoms with van der Waals surface area (Å²) in [4.78, 5) is 20.6. The quantitative estimate of drug-likeness (QED) is 0.601. The molecule has 2 aromatic carbocycles. The second-order valence-corrected chi connectivity index (χ2v) is 7.43. The van der Waals surface area contributed by atoms with E-state index >= 15 is 0 Å². The molecule has 3 N–H and O–H groups in total. The maximum atomic E-state index is 12.5. The van der Waals surface area contributed by atoms with Crippen molar-refractivity contribution in [1.82, 2.24) is 15.2 Å². The molecule has 0 atom stereocenters. The topological polar surface area (TPSA) is 63.4 Å². The van der Waals surface area contributed by atoms with Gasteiger partial charge < -0.3 is 25.4 Å². The second kappa shape index (κ2) is 9.01. The van der Waals surface area contributed by atoms with Crippen molar-refractivity contribution < 1.29 is 4.79 Å². The van der Waals surface area contributed by atoms with Gasteiger partial charge in [0.15, 0.2) is 0 Å². The molecule has 29 heavy (non-hydrogen) atoms. The highest BCUT2D eigenvalue weighted by Gasteiger charge is 2.18. The first-order chi connectivity index (χ1) is 14.2. The molecule has 152 valence electrons. The summed E-state index contributed by atoms with van der Waals surface area (Å²) >= 11 is 0. The van der Waals surface area contributed by atoms with E-state index in [2.05, 4.69) is 50.5 Å². The minimum absolute atomic E-state index is 0.163. The summed E-state index contributed by atoms with van der Waals surface area (Å²) < 4.78 is 0. The minimum atomic E-state index is -0.163. The number of fused-ring (bicyclic) bond motifs is 1. The highest BCUT2D eigenvalue weighted by atomic mass is 16.2. The Balaban J connectivity index is 1.33. The Hall–Kier alpha value is -2.99. The van der Waals surface area contributed by atoms with Gasteiger partial charge in [0, 0.05) is 49.8 Å². The van der Waals surface area contributed by atoms with E-state index < -0.39 is 0 Å². The number of urea groups is 1. The van der Waals surface area contributed by atoms with Gasteiger partial charge in [0.1, 0.15) is 0 Å². The van der Waals surface area contributed by atoms with Crippen molar-refractivity contribution in [3.63, 3.8) is 0 Å². The monoisotopic (exact) mass is 391 g/mol.